The molecular weight excluding hydrogens is 286 g/mol. The number of amides is 1. The van der Waals surface area contributed by atoms with Crippen LogP contribution in [0, 0.1) is 16.8 Å². The van der Waals surface area contributed by atoms with E-state index in [4.69, 9.17) is 0 Å². The Kier molecular flexibility index (Phi) is 4.52. The van der Waals surface area contributed by atoms with E-state index in [2.05, 4.69) is 5.32 Å². The quantitative estimate of drug-likeness (QED) is 0.535. The van der Waals surface area contributed by atoms with Gasteiger partial charge in [0.05, 0.1) is 5.75 Å². The van der Waals surface area contributed by atoms with Gasteiger partial charge in [-0.3, -0.25) is 4.79 Å². The Bertz CT molecular complexity index is 617. The molecule has 20 heavy (non-hydrogen) atoms. The number of carbonyl (C=O) groups is 1. The molecule has 4 nitrogen and oxygen atoms in total. The standard InChI is InChI=1S/C13H10F2N2O2S/c14-9-4-3-5-10(15)13(9)16-11(18)8-20-12-6-1-2-7-17(12)19/h1-7H,8H2,(H,16,18). The second kappa shape index (κ2) is 6.33. The van der Waals surface area contributed by atoms with Crippen LogP contribution in [0.2, 0.25) is 0 Å². The lowest BCUT2D eigenvalue weighted by molar-refractivity contribution is -0.645. The molecule has 0 aliphatic heterocycles. The fourth-order valence-electron chi connectivity index (χ4n) is 1.46. The highest BCUT2D eigenvalue weighted by Gasteiger charge is 2.13. The average molecular weight is 296 g/mol. The van der Waals surface area contributed by atoms with Crippen molar-refractivity contribution in [1.82, 2.24) is 0 Å². The molecule has 0 spiro atoms. The third-order valence-corrected chi connectivity index (χ3v) is 3.39. The fourth-order valence-corrected chi connectivity index (χ4v) is 2.17. The molecule has 0 bridgehead atoms. The van der Waals surface area contributed by atoms with Crippen molar-refractivity contribution in [2.24, 2.45) is 0 Å². The lowest BCUT2D eigenvalue weighted by Gasteiger charge is -2.07. The summed E-state index contributed by atoms with van der Waals surface area (Å²) in [6.07, 6.45) is 1.30. The zero-order valence-corrected chi connectivity index (χ0v) is 11.0. The monoisotopic (exact) mass is 296 g/mol. The highest BCUT2D eigenvalue weighted by atomic mass is 32.2. The van der Waals surface area contributed by atoms with Crippen molar-refractivity contribution in [3.8, 4) is 0 Å². The molecule has 0 aliphatic rings. The largest absolute Gasteiger partial charge is 0.618 e. The third kappa shape index (κ3) is 3.45. The first-order valence-electron chi connectivity index (χ1n) is 5.63. The van der Waals surface area contributed by atoms with Crippen LogP contribution in [0.1, 0.15) is 0 Å². The van der Waals surface area contributed by atoms with Gasteiger partial charge < -0.3 is 10.5 Å². The molecule has 0 aliphatic carbocycles. The molecule has 1 aromatic heterocycles. The van der Waals surface area contributed by atoms with Crippen molar-refractivity contribution in [2.75, 3.05) is 11.1 Å². The summed E-state index contributed by atoms with van der Waals surface area (Å²) >= 11 is 0.980. The van der Waals surface area contributed by atoms with Crippen molar-refractivity contribution >= 4 is 23.4 Å². The van der Waals surface area contributed by atoms with E-state index in [1.165, 1.54) is 12.3 Å². The maximum absolute atomic E-state index is 13.3. The molecule has 0 saturated carbocycles. The van der Waals surface area contributed by atoms with E-state index in [-0.39, 0.29) is 5.75 Å². The number of anilines is 1. The summed E-state index contributed by atoms with van der Waals surface area (Å²) < 4.78 is 27.3. The third-order valence-electron chi connectivity index (χ3n) is 2.37. The minimum absolute atomic E-state index is 0.125. The van der Waals surface area contributed by atoms with Gasteiger partial charge in [0.25, 0.3) is 5.03 Å². The first-order valence-corrected chi connectivity index (χ1v) is 6.61. The van der Waals surface area contributed by atoms with Gasteiger partial charge in [-0.25, -0.2) is 8.78 Å². The molecule has 1 heterocycles. The van der Waals surface area contributed by atoms with Crippen molar-refractivity contribution < 1.29 is 18.3 Å². The fraction of sp³-hybridized carbons (Fsp3) is 0.0769. The van der Waals surface area contributed by atoms with Crippen LogP contribution in [0.5, 0.6) is 0 Å². The molecule has 1 N–H and O–H groups in total. The van der Waals surface area contributed by atoms with Crippen LogP contribution in [0.4, 0.5) is 14.5 Å². The summed E-state index contributed by atoms with van der Waals surface area (Å²) in [5, 5.41) is 13.8. The van der Waals surface area contributed by atoms with E-state index < -0.39 is 23.2 Å². The first-order chi connectivity index (χ1) is 9.58. The Morgan fingerprint density at radius 3 is 2.55 bits per heavy atom. The van der Waals surface area contributed by atoms with E-state index in [0.29, 0.717) is 9.76 Å². The van der Waals surface area contributed by atoms with Crippen LogP contribution in [0.3, 0.4) is 0 Å². The number of pyridine rings is 1. The molecule has 104 valence electrons. The molecule has 0 radical (unpaired) electrons. The summed E-state index contributed by atoms with van der Waals surface area (Å²) in [7, 11) is 0. The maximum atomic E-state index is 13.3. The molecule has 7 heteroatoms. The summed E-state index contributed by atoms with van der Waals surface area (Å²) in [5.74, 6) is -2.41. The van der Waals surface area contributed by atoms with E-state index in [1.807, 2.05) is 0 Å². The van der Waals surface area contributed by atoms with E-state index in [1.54, 1.807) is 18.2 Å². The average Bonchev–Trinajstić information content (AvgIpc) is 2.42. The number of nitrogens with zero attached hydrogens (tertiary/aromatic N) is 1. The summed E-state index contributed by atoms with van der Waals surface area (Å²) in [6, 6.07) is 8.08. The minimum Gasteiger partial charge on any atom is -0.618 e. The second-order valence-corrected chi connectivity index (χ2v) is 4.79. The Morgan fingerprint density at radius 2 is 1.90 bits per heavy atom. The molecular formula is C13H10F2N2O2S. The number of halogens is 2. The van der Waals surface area contributed by atoms with Gasteiger partial charge in [0.2, 0.25) is 5.91 Å². The number of hydrogen-bond donors (Lipinski definition) is 1. The second-order valence-electron chi connectivity index (χ2n) is 3.80. The highest BCUT2D eigenvalue weighted by Crippen LogP contribution is 2.19. The van der Waals surface area contributed by atoms with Gasteiger partial charge in [-0.15, -0.1) is 0 Å². The maximum Gasteiger partial charge on any atom is 0.251 e. The number of thioether (sulfide) groups is 1. The molecule has 2 aromatic rings. The molecule has 0 fully saturated rings. The molecule has 0 unspecified atom stereocenters. The van der Waals surface area contributed by atoms with Gasteiger partial charge in [0.1, 0.15) is 17.3 Å². The topological polar surface area (TPSA) is 56.0 Å². The molecule has 0 saturated heterocycles. The molecule has 1 amide bonds. The van der Waals surface area contributed by atoms with Gasteiger partial charge in [-0.05, 0) is 30.0 Å². The Labute approximate surface area is 118 Å². The predicted octanol–water partition coefficient (Wildman–Crippen LogP) is 2.33. The van der Waals surface area contributed by atoms with Gasteiger partial charge in [0.15, 0.2) is 6.20 Å². The number of nitrogens with one attached hydrogen (secondary N) is 1. The molecule has 2 rings (SSSR count). The highest BCUT2D eigenvalue weighted by molar-refractivity contribution is 7.99. The van der Waals surface area contributed by atoms with Crippen LogP contribution < -0.4 is 10.0 Å². The van der Waals surface area contributed by atoms with Crippen LogP contribution in [0.25, 0.3) is 0 Å². The zero-order chi connectivity index (χ0) is 14.5. The van der Waals surface area contributed by atoms with Crippen molar-refractivity contribution in [2.45, 2.75) is 5.03 Å². The van der Waals surface area contributed by atoms with Crippen LogP contribution in [0.15, 0.2) is 47.6 Å². The molecule has 0 atom stereocenters. The van der Waals surface area contributed by atoms with Crippen LogP contribution >= 0.6 is 11.8 Å². The number of carbonyl (C=O) groups excluding carboxylic acids is 1. The zero-order valence-electron chi connectivity index (χ0n) is 10.2. The van der Waals surface area contributed by atoms with Crippen molar-refractivity contribution in [3.05, 3.63) is 59.4 Å². The minimum atomic E-state index is -0.845. The van der Waals surface area contributed by atoms with E-state index in [9.17, 15) is 18.8 Å². The Balaban J connectivity index is 1.98. The van der Waals surface area contributed by atoms with Crippen LogP contribution in [-0.4, -0.2) is 11.7 Å². The predicted molar refractivity (Wildman–Crippen MR) is 71.1 cm³/mol. The van der Waals surface area contributed by atoms with E-state index in [0.717, 1.165) is 23.9 Å². The summed E-state index contributed by atoms with van der Waals surface area (Å²) in [5.41, 5.74) is -0.485. The van der Waals surface area contributed by atoms with Crippen molar-refractivity contribution in [3.63, 3.8) is 0 Å². The normalized spacial score (nSPS) is 10.3. The van der Waals surface area contributed by atoms with Gasteiger partial charge in [-0.1, -0.05) is 6.07 Å². The van der Waals surface area contributed by atoms with Gasteiger partial charge in [-0.2, -0.15) is 4.73 Å². The SMILES string of the molecule is O=C(CSc1cccc[n+]1[O-])Nc1c(F)cccc1F. The summed E-state index contributed by atoms with van der Waals surface area (Å²) in [4.78, 5) is 11.6. The van der Waals surface area contributed by atoms with Crippen molar-refractivity contribution in [1.29, 1.82) is 0 Å². The number of para-hydroxylation sites is 1. The number of rotatable bonds is 4. The van der Waals surface area contributed by atoms with E-state index >= 15 is 0 Å². The van der Waals surface area contributed by atoms with Gasteiger partial charge in [0, 0.05) is 12.1 Å². The Morgan fingerprint density at radius 1 is 1.20 bits per heavy atom. The lowest BCUT2D eigenvalue weighted by atomic mass is 10.3. The number of benzene rings is 1. The van der Waals surface area contributed by atoms with Gasteiger partial charge >= 0.3 is 0 Å². The van der Waals surface area contributed by atoms with Crippen LogP contribution in [-0.2, 0) is 4.79 Å². The Hall–Kier alpha value is -2.15. The lowest BCUT2D eigenvalue weighted by Crippen LogP contribution is -2.28. The number of aromatic nitrogens is 1. The number of hydrogen-bond acceptors (Lipinski definition) is 3. The smallest absolute Gasteiger partial charge is 0.251 e. The molecule has 1 aromatic carbocycles. The summed E-state index contributed by atoms with van der Waals surface area (Å²) in [6.45, 7) is 0. The first kappa shape index (κ1) is 14.3.